The number of halogens is 1. The molecule has 3 heteroatoms. The zero-order valence-electron chi connectivity index (χ0n) is 13.2. The van der Waals surface area contributed by atoms with Crippen LogP contribution in [0.15, 0.2) is 36.4 Å². The van der Waals surface area contributed by atoms with Crippen molar-refractivity contribution in [2.75, 3.05) is 0 Å². The van der Waals surface area contributed by atoms with Gasteiger partial charge in [-0.05, 0) is 41.7 Å². The van der Waals surface area contributed by atoms with Crippen LogP contribution >= 0.6 is 11.3 Å². The number of hydrogen-bond acceptors (Lipinski definition) is 2. The molecule has 1 unspecified atom stereocenters. The SMILES string of the molecule is CCc1ccc(CNC(c2ccc(F)cc2)C(C)(C)C)s1. The first-order chi connectivity index (χ1) is 9.90. The third kappa shape index (κ3) is 4.39. The van der Waals surface area contributed by atoms with E-state index in [1.165, 1.54) is 21.9 Å². The van der Waals surface area contributed by atoms with Crippen LogP contribution in [0, 0.1) is 11.2 Å². The number of aryl methyl sites for hydroxylation is 1. The normalized spacial score (nSPS) is 13.4. The molecule has 0 radical (unpaired) electrons. The first-order valence-corrected chi connectivity index (χ1v) is 8.28. The summed E-state index contributed by atoms with van der Waals surface area (Å²) in [4.78, 5) is 2.77. The minimum absolute atomic E-state index is 0.0721. The highest BCUT2D eigenvalue weighted by Gasteiger charge is 2.25. The second kappa shape index (κ2) is 6.71. The summed E-state index contributed by atoms with van der Waals surface area (Å²) < 4.78 is 13.1. The molecule has 1 aromatic heterocycles. The van der Waals surface area contributed by atoms with Crippen molar-refractivity contribution in [3.63, 3.8) is 0 Å². The van der Waals surface area contributed by atoms with Crippen molar-refractivity contribution in [2.24, 2.45) is 5.41 Å². The van der Waals surface area contributed by atoms with E-state index in [1.807, 2.05) is 23.5 Å². The molecule has 1 nitrogen and oxygen atoms in total. The first kappa shape index (κ1) is 16.2. The molecule has 0 aliphatic heterocycles. The lowest BCUT2D eigenvalue weighted by Gasteiger charge is -2.32. The van der Waals surface area contributed by atoms with E-state index in [-0.39, 0.29) is 17.3 Å². The zero-order valence-corrected chi connectivity index (χ0v) is 14.1. The van der Waals surface area contributed by atoms with E-state index >= 15 is 0 Å². The topological polar surface area (TPSA) is 12.0 Å². The quantitative estimate of drug-likeness (QED) is 0.787. The maximum Gasteiger partial charge on any atom is 0.123 e. The second-order valence-electron chi connectivity index (χ2n) is 6.45. The van der Waals surface area contributed by atoms with E-state index in [1.54, 1.807) is 0 Å². The van der Waals surface area contributed by atoms with Gasteiger partial charge in [0.1, 0.15) is 5.82 Å². The molecule has 0 aliphatic rings. The van der Waals surface area contributed by atoms with Crippen LogP contribution in [0.2, 0.25) is 0 Å². The average Bonchev–Trinajstić information content (AvgIpc) is 2.87. The Labute approximate surface area is 131 Å². The summed E-state index contributed by atoms with van der Waals surface area (Å²) in [5.41, 5.74) is 1.21. The fourth-order valence-corrected chi connectivity index (χ4v) is 3.40. The summed E-state index contributed by atoms with van der Waals surface area (Å²) in [7, 11) is 0. The van der Waals surface area contributed by atoms with Crippen molar-refractivity contribution in [1.29, 1.82) is 0 Å². The number of thiophene rings is 1. The smallest absolute Gasteiger partial charge is 0.123 e. The predicted octanol–water partition coefficient (Wildman–Crippen LogP) is 5.33. The van der Waals surface area contributed by atoms with Crippen molar-refractivity contribution in [2.45, 2.75) is 46.7 Å². The molecule has 2 rings (SSSR count). The molecule has 0 spiro atoms. The molecule has 1 heterocycles. The van der Waals surface area contributed by atoms with Crippen molar-refractivity contribution >= 4 is 11.3 Å². The van der Waals surface area contributed by atoms with Crippen molar-refractivity contribution in [1.82, 2.24) is 5.32 Å². The lowest BCUT2D eigenvalue weighted by molar-refractivity contribution is 0.271. The van der Waals surface area contributed by atoms with Gasteiger partial charge < -0.3 is 5.32 Å². The molecule has 1 aromatic carbocycles. The van der Waals surface area contributed by atoms with Gasteiger partial charge in [0.15, 0.2) is 0 Å². The van der Waals surface area contributed by atoms with Crippen molar-refractivity contribution < 1.29 is 4.39 Å². The Balaban J connectivity index is 2.12. The molecule has 0 aliphatic carbocycles. The fraction of sp³-hybridized carbons (Fsp3) is 0.444. The Morgan fingerprint density at radius 2 is 1.67 bits per heavy atom. The molecule has 21 heavy (non-hydrogen) atoms. The van der Waals surface area contributed by atoms with Gasteiger partial charge in [-0.2, -0.15) is 0 Å². The third-order valence-electron chi connectivity index (χ3n) is 3.62. The molecule has 0 saturated heterocycles. The minimum atomic E-state index is -0.183. The fourth-order valence-electron chi connectivity index (χ4n) is 2.49. The standard InChI is InChI=1S/C18H24FNS/c1-5-15-10-11-16(21-15)12-20-17(18(2,3)4)13-6-8-14(19)9-7-13/h6-11,17,20H,5,12H2,1-4H3. The van der Waals surface area contributed by atoms with Crippen LogP contribution in [-0.4, -0.2) is 0 Å². The van der Waals surface area contributed by atoms with Gasteiger partial charge in [-0.15, -0.1) is 11.3 Å². The number of benzene rings is 1. The van der Waals surface area contributed by atoms with Gasteiger partial charge in [-0.25, -0.2) is 4.39 Å². The maximum absolute atomic E-state index is 13.1. The Hall–Kier alpha value is -1.19. The third-order valence-corrected chi connectivity index (χ3v) is 4.85. The molecule has 0 fully saturated rings. The highest BCUT2D eigenvalue weighted by atomic mass is 32.1. The van der Waals surface area contributed by atoms with Crippen LogP contribution in [-0.2, 0) is 13.0 Å². The lowest BCUT2D eigenvalue weighted by atomic mass is 9.82. The van der Waals surface area contributed by atoms with E-state index in [0.717, 1.165) is 18.5 Å². The van der Waals surface area contributed by atoms with Gasteiger partial charge >= 0.3 is 0 Å². The van der Waals surface area contributed by atoms with Crippen LogP contribution in [0.3, 0.4) is 0 Å². The Morgan fingerprint density at radius 3 is 2.19 bits per heavy atom. The molecule has 1 atom stereocenters. The van der Waals surface area contributed by atoms with Crippen molar-refractivity contribution in [3.8, 4) is 0 Å². The van der Waals surface area contributed by atoms with E-state index in [0.29, 0.717) is 0 Å². The molecule has 0 bridgehead atoms. The molecule has 114 valence electrons. The summed E-state index contributed by atoms with van der Waals surface area (Å²) in [5.74, 6) is -0.183. The van der Waals surface area contributed by atoms with Gasteiger partial charge in [0.05, 0.1) is 0 Å². The van der Waals surface area contributed by atoms with Crippen LogP contribution in [0.1, 0.15) is 49.1 Å². The molecular formula is C18H24FNS. The Kier molecular flexibility index (Phi) is 5.17. The predicted molar refractivity (Wildman–Crippen MR) is 89.1 cm³/mol. The van der Waals surface area contributed by atoms with E-state index < -0.39 is 0 Å². The largest absolute Gasteiger partial charge is 0.305 e. The van der Waals surface area contributed by atoms with E-state index in [4.69, 9.17) is 0 Å². The Bertz CT molecular complexity index is 566. The lowest BCUT2D eigenvalue weighted by Crippen LogP contribution is -2.31. The molecule has 2 aromatic rings. The molecule has 1 N–H and O–H groups in total. The summed E-state index contributed by atoms with van der Waals surface area (Å²) in [6.45, 7) is 9.66. The second-order valence-corrected chi connectivity index (χ2v) is 7.71. The molecule has 0 saturated carbocycles. The summed E-state index contributed by atoms with van der Waals surface area (Å²) in [6, 6.07) is 11.4. The van der Waals surface area contributed by atoms with Crippen LogP contribution in [0.25, 0.3) is 0 Å². The Morgan fingerprint density at radius 1 is 1.05 bits per heavy atom. The van der Waals surface area contributed by atoms with E-state index in [2.05, 4.69) is 45.1 Å². The minimum Gasteiger partial charge on any atom is -0.305 e. The van der Waals surface area contributed by atoms with Gasteiger partial charge in [-0.1, -0.05) is 39.8 Å². The average molecular weight is 305 g/mol. The highest BCUT2D eigenvalue weighted by Crippen LogP contribution is 2.33. The monoisotopic (exact) mass is 305 g/mol. The van der Waals surface area contributed by atoms with Gasteiger partial charge in [-0.3, -0.25) is 0 Å². The summed E-state index contributed by atoms with van der Waals surface area (Å²) >= 11 is 1.86. The van der Waals surface area contributed by atoms with E-state index in [9.17, 15) is 4.39 Å². The van der Waals surface area contributed by atoms with Crippen molar-refractivity contribution in [3.05, 3.63) is 57.5 Å². The van der Waals surface area contributed by atoms with Gasteiger partial charge in [0, 0.05) is 22.3 Å². The van der Waals surface area contributed by atoms with Gasteiger partial charge in [0.2, 0.25) is 0 Å². The number of rotatable bonds is 5. The summed E-state index contributed by atoms with van der Waals surface area (Å²) in [6.07, 6.45) is 1.09. The molecular weight excluding hydrogens is 281 g/mol. The van der Waals surface area contributed by atoms with Crippen LogP contribution in [0.5, 0.6) is 0 Å². The summed E-state index contributed by atoms with van der Waals surface area (Å²) in [5, 5.41) is 3.64. The van der Waals surface area contributed by atoms with Crippen LogP contribution < -0.4 is 5.32 Å². The number of nitrogens with one attached hydrogen (secondary N) is 1. The van der Waals surface area contributed by atoms with Gasteiger partial charge in [0.25, 0.3) is 0 Å². The maximum atomic E-state index is 13.1. The molecule has 0 amide bonds. The number of hydrogen-bond donors (Lipinski definition) is 1. The highest BCUT2D eigenvalue weighted by molar-refractivity contribution is 7.11. The zero-order chi connectivity index (χ0) is 15.5. The first-order valence-electron chi connectivity index (χ1n) is 7.46. The van der Waals surface area contributed by atoms with Crippen LogP contribution in [0.4, 0.5) is 4.39 Å².